The smallest absolute Gasteiger partial charge is 0.261 e. The molecule has 0 aliphatic heterocycles. The van der Waals surface area contributed by atoms with E-state index >= 15 is 0 Å². The summed E-state index contributed by atoms with van der Waals surface area (Å²) in [6.45, 7) is 4.24. The molecule has 0 aliphatic rings. The van der Waals surface area contributed by atoms with Crippen molar-refractivity contribution < 1.29 is 9.84 Å². The molecule has 0 unspecified atom stereocenters. The third-order valence-corrected chi connectivity index (χ3v) is 5.45. The number of ether oxygens (including phenoxy) is 1. The lowest BCUT2D eigenvalue weighted by molar-refractivity contribution is 0.412. The number of fused-ring (bicyclic) bond motifs is 1. The molecule has 0 saturated heterocycles. The van der Waals surface area contributed by atoms with Crippen molar-refractivity contribution in [3.63, 3.8) is 0 Å². The second kappa shape index (κ2) is 8.48. The number of pyridine rings is 1. The van der Waals surface area contributed by atoms with E-state index in [0.717, 1.165) is 28.1 Å². The van der Waals surface area contributed by atoms with E-state index in [2.05, 4.69) is 4.99 Å². The summed E-state index contributed by atoms with van der Waals surface area (Å²) < 4.78 is 6.59. The maximum absolute atomic E-state index is 13.1. The molecule has 3 aromatic carbocycles. The van der Waals surface area contributed by atoms with Crippen LogP contribution in [0.25, 0.3) is 10.8 Å². The number of nitrogens with zero attached hydrogens (tertiary/aromatic N) is 2. The number of methoxy groups -OCH3 is 1. The highest BCUT2D eigenvalue weighted by Gasteiger charge is 2.15. The van der Waals surface area contributed by atoms with Gasteiger partial charge < -0.3 is 9.84 Å². The molecule has 156 valence electrons. The van der Waals surface area contributed by atoms with Crippen LogP contribution in [0.1, 0.15) is 22.3 Å². The molecule has 4 rings (SSSR count). The van der Waals surface area contributed by atoms with Crippen LogP contribution in [-0.2, 0) is 6.54 Å². The first kappa shape index (κ1) is 20.4. The van der Waals surface area contributed by atoms with Crippen molar-refractivity contribution in [3.8, 4) is 11.6 Å². The predicted molar refractivity (Wildman–Crippen MR) is 125 cm³/mol. The number of aromatic nitrogens is 1. The van der Waals surface area contributed by atoms with E-state index in [1.165, 1.54) is 4.57 Å². The first-order valence-electron chi connectivity index (χ1n) is 10.1. The van der Waals surface area contributed by atoms with Crippen LogP contribution in [0.4, 0.5) is 5.69 Å². The van der Waals surface area contributed by atoms with Crippen LogP contribution in [0.2, 0.25) is 0 Å². The van der Waals surface area contributed by atoms with Crippen molar-refractivity contribution in [2.75, 3.05) is 7.11 Å². The zero-order chi connectivity index (χ0) is 22.0. The first-order chi connectivity index (χ1) is 15.0. The Bertz CT molecular complexity index is 1320. The summed E-state index contributed by atoms with van der Waals surface area (Å²) in [5.41, 5.74) is 4.11. The summed E-state index contributed by atoms with van der Waals surface area (Å²) in [6, 6.07) is 20.7. The molecule has 0 atom stereocenters. The van der Waals surface area contributed by atoms with Crippen LogP contribution >= 0.6 is 0 Å². The second-order valence-electron chi connectivity index (χ2n) is 7.52. The van der Waals surface area contributed by atoms with Gasteiger partial charge in [-0.05, 0) is 48.7 Å². The zero-order valence-electron chi connectivity index (χ0n) is 17.8. The second-order valence-corrected chi connectivity index (χ2v) is 7.52. The molecule has 1 heterocycles. The van der Waals surface area contributed by atoms with E-state index < -0.39 is 0 Å². The number of rotatable bonds is 5. The quantitative estimate of drug-likeness (QED) is 0.462. The van der Waals surface area contributed by atoms with Gasteiger partial charge >= 0.3 is 0 Å². The molecule has 1 N–H and O–H groups in total. The van der Waals surface area contributed by atoms with Crippen LogP contribution in [0, 0.1) is 13.8 Å². The van der Waals surface area contributed by atoms with Gasteiger partial charge in [0.25, 0.3) is 5.56 Å². The number of hydrogen-bond donors (Lipinski definition) is 1. The number of aliphatic imine (C=N–C) groups is 1. The Labute approximate surface area is 180 Å². The minimum atomic E-state index is -0.242. The number of para-hydroxylation sites is 1. The van der Waals surface area contributed by atoms with Gasteiger partial charge in [0.15, 0.2) is 0 Å². The summed E-state index contributed by atoms with van der Waals surface area (Å²) in [6.07, 6.45) is 1.65. The van der Waals surface area contributed by atoms with Gasteiger partial charge in [-0.25, -0.2) is 0 Å². The molecule has 0 bridgehead atoms. The fourth-order valence-electron chi connectivity index (χ4n) is 3.74. The average Bonchev–Trinajstić information content (AvgIpc) is 2.78. The SMILES string of the molecule is COc1ccc(Cn2c(O)c(C=Nc3c(C)cccc3C)c3ccccc3c2=O)cc1. The normalized spacial score (nSPS) is 11.3. The van der Waals surface area contributed by atoms with E-state index in [1.807, 2.05) is 74.5 Å². The number of aryl methyl sites for hydroxylation is 2. The fraction of sp³-hybridized carbons (Fsp3) is 0.154. The Balaban J connectivity index is 1.86. The predicted octanol–water partition coefficient (Wildman–Crippen LogP) is 5.13. The van der Waals surface area contributed by atoms with Crippen LogP contribution < -0.4 is 10.3 Å². The molecule has 0 amide bonds. The summed E-state index contributed by atoms with van der Waals surface area (Å²) in [4.78, 5) is 17.8. The monoisotopic (exact) mass is 412 g/mol. The van der Waals surface area contributed by atoms with E-state index in [9.17, 15) is 9.90 Å². The molecular formula is C26H24N2O3. The molecule has 1 aromatic heterocycles. The van der Waals surface area contributed by atoms with Gasteiger partial charge in [0.05, 0.1) is 24.9 Å². The topological polar surface area (TPSA) is 63.8 Å². The van der Waals surface area contributed by atoms with Crippen molar-refractivity contribution in [2.45, 2.75) is 20.4 Å². The fourth-order valence-corrected chi connectivity index (χ4v) is 3.74. The number of benzene rings is 3. The lowest BCUT2D eigenvalue weighted by Gasteiger charge is -2.14. The van der Waals surface area contributed by atoms with Crippen molar-refractivity contribution >= 4 is 22.7 Å². The molecule has 5 nitrogen and oxygen atoms in total. The third-order valence-electron chi connectivity index (χ3n) is 5.45. The molecular weight excluding hydrogens is 388 g/mol. The van der Waals surface area contributed by atoms with E-state index in [-0.39, 0.29) is 18.0 Å². The van der Waals surface area contributed by atoms with E-state index in [0.29, 0.717) is 16.3 Å². The van der Waals surface area contributed by atoms with Crippen LogP contribution in [-0.4, -0.2) is 23.0 Å². The average molecular weight is 412 g/mol. The minimum Gasteiger partial charge on any atom is -0.497 e. The molecule has 0 spiro atoms. The van der Waals surface area contributed by atoms with Gasteiger partial charge in [0.1, 0.15) is 5.75 Å². The van der Waals surface area contributed by atoms with Gasteiger partial charge in [-0.15, -0.1) is 0 Å². The van der Waals surface area contributed by atoms with Crippen molar-refractivity contribution in [1.29, 1.82) is 0 Å². The van der Waals surface area contributed by atoms with E-state index in [1.54, 1.807) is 19.4 Å². The molecule has 31 heavy (non-hydrogen) atoms. The highest BCUT2D eigenvalue weighted by atomic mass is 16.5. The lowest BCUT2D eigenvalue weighted by atomic mass is 10.1. The largest absolute Gasteiger partial charge is 0.497 e. The van der Waals surface area contributed by atoms with Crippen LogP contribution in [0.3, 0.4) is 0 Å². The van der Waals surface area contributed by atoms with Crippen molar-refractivity contribution in [2.24, 2.45) is 4.99 Å². The van der Waals surface area contributed by atoms with Crippen molar-refractivity contribution in [3.05, 3.63) is 99.3 Å². The number of hydrogen-bond acceptors (Lipinski definition) is 4. The van der Waals surface area contributed by atoms with Gasteiger partial charge in [0, 0.05) is 17.0 Å². The molecule has 0 fully saturated rings. The summed E-state index contributed by atoms with van der Waals surface area (Å²) >= 11 is 0. The Morgan fingerprint density at radius 3 is 2.23 bits per heavy atom. The maximum Gasteiger partial charge on any atom is 0.261 e. The Kier molecular flexibility index (Phi) is 5.58. The van der Waals surface area contributed by atoms with Crippen LogP contribution in [0.5, 0.6) is 11.6 Å². The number of aromatic hydroxyl groups is 1. The van der Waals surface area contributed by atoms with Crippen molar-refractivity contribution in [1.82, 2.24) is 4.57 Å². The molecule has 0 saturated carbocycles. The van der Waals surface area contributed by atoms with Gasteiger partial charge in [-0.2, -0.15) is 0 Å². The molecule has 0 aliphatic carbocycles. The molecule has 5 heteroatoms. The third kappa shape index (κ3) is 3.94. The first-order valence-corrected chi connectivity index (χ1v) is 10.1. The standard InChI is InChI=1S/C26H24N2O3/c1-17-7-6-8-18(2)24(17)27-15-23-21-9-4-5-10-22(21)25(29)28(26(23)30)16-19-11-13-20(31-3)14-12-19/h4-15,30H,16H2,1-3H3. The highest BCUT2D eigenvalue weighted by Crippen LogP contribution is 2.27. The summed E-state index contributed by atoms with van der Waals surface area (Å²) in [5.74, 6) is 0.634. The minimum absolute atomic E-state index is 0.102. The molecule has 0 radical (unpaired) electrons. The lowest BCUT2D eigenvalue weighted by Crippen LogP contribution is -2.22. The molecule has 4 aromatic rings. The zero-order valence-corrected chi connectivity index (χ0v) is 17.8. The van der Waals surface area contributed by atoms with E-state index in [4.69, 9.17) is 4.74 Å². The van der Waals surface area contributed by atoms with Gasteiger partial charge in [0.2, 0.25) is 5.88 Å². The van der Waals surface area contributed by atoms with Crippen LogP contribution in [0.15, 0.2) is 76.5 Å². The summed E-state index contributed by atoms with van der Waals surface area (Å²) in [5, 5.41) is 12.3. The Morgan fingerprint density at radius 2 is 1.58 bits per heavy atom. The maximum atomic E-state index is 13.1. The summed E-state index contributed by atoms with van der Waals surface area (Å²) in [7, 11) is 1.61. The Hall–Kier alpha value is -3.86. The van der Waals surface area contributed by atoms with Gasteiger partial charge in [-0.3, -0.25) is 14.4 Å². The van der Waals surface area contributed by atoms with Gasteiger partial charge in [-0.1, -0.05) is 48.5 Å². The Morgan fingerprint density at radius 1 is 0.935 bits per heavy atom. The highest BCUT2D eigenvalue weighted by molar-refractivity contribution is 6.02.